The van der Waals surface area contributed by atoms with E-state index in [1.807, 2.05) is 6.07 Å². The third kappa shape index (κ3) is 2.13. The van der Waals surface area contributed by atoms with Crippen LogP contribution in [0.2, 0.25) is 0 Å². The summed E-state index contributed by atoms with van der Waals surface area (Å²) < 4.78 is 9.55. The van der Waals surface area contributed by atoms with Crippen molar-refractivity contribution in [2.24, 2.45) is 0 Å². The molecule has 0 atom stereocenters. The van der Waals surface area contributed by atoms with E-state index in [0.717, 1.165) is 5.56 Å². The molecule has 0 bridgehead atoms. The van der Waals surface area contributed by atoms with Gasteiger partial charge in [-0.15, -0.1) is 0 Å². The summed E-state index contributed by atoms with van der Waals surface area (Å²) in [6.07, 6.45) is 0. The van der Waals surface area contributed by atoms with Gasteiger partial charge in [-0.3, -0.25) is 0 Å². The lowest BCUT2D eigenvalue weighted by molar-refractivity contribution is 0.0600. The summed E-state index contributed by atoms with van der Waals surface area (Å²) in [5.41, 5.74) is 1.26. The zero-order chi connectivity index (χ0) is 10.6. The van der Waals surface area contributed by atoms with Gasteiger partial charge < -0.3 is 9.47 Å². The number of esters is 1. The molecular formula is C11H12O3. The Balaban J connectivity index is 3.01. The first-order valence-electron chi connectivity index (χ1n) is 4.10. The van der Waals surface area contributed by atoms with Crippen LogP contribution in [0.3, 0.4) is 0 Å². The lowest BCUT2D eigenvalue weighted by atomic mass is 10.1. The Morgan fingerprint density at radius 2 is 1.86 bits per heavy atom. The summed E-state index contributed by atoms with van der Waals surface area (Å²) in [6, 6.07) is 6.93. The Labute approximate surface area is 83.0 Å². The summed E-state index contributed by atoms with van der Waals surface area (Å²) in [6.45, 7) is 3.70. The van der Waals surface area contributed by atoms with E-state index in [2.05, 4.69) is 11.3 Å². The van der Waals surface area contributed by atoms with Gasteiger partial charge in [-0.1, -0.05) is 18.7 Å². The summed E-state index contributed by atoms with van der Waals surface area (Å²) in [5, 5.41) is 0. The lowest BCUT2D eigenvalue weighted by Crippen LogP contribution is -2.01. The van der Waals surface area contributed by atoms with Gasteiger partial charge in [0.2, 0.25) is 0 Å². The van der Waals surface area contributed by atoms with Crippen molar-refractivity contribution < 1.29 is 14.3 Å². The summed E-state index contributed by atoms with van der Waals surface area (Å²) in [7, 11) is 2.88. The molecule has 0 N–H and O–H groups in total. The first-order valence-corrected chi connectivity index (χ1v) is 4.10. The van der Waals surface area contributed by atoms with Crippen molar-refractivity contribution in [2.45, 2.75) is 0 Å². The minimum Gasteiger partial charge on any atom is -0.497 e. The van der Waals surface area contributed by atoms with Crippen LogP contribution in [0.25, 0.3) is 5.76 Å². The molecule has 0 heterocycles. The van der Waals surface area contributed by atoms with Gasteiger partial charge in [-0.2, -0.15) is 0 Å². The van der Waals surface area contributed by atoms with Gasteiger partial charge in [0.05, 0.1) is 19.8 Å². The average molecular weight is 192 g/mol. The molecule has 0 saturated heterocycles. The van der Waals surface area contributed by atoms with Gasteiger partial charge >= 0.3 is 5.97 Å². The van der Waals surface area contributed by atoms with Gasteiger partial charge in [0.1, 0.15) is 5.76 Å². The third-order valence-electron chi connectivity index (χ3n) is 1.85. The van der Waals surface area contributed by atoms with Crippen LogP contribution in [0.1, 0.15) is 15.9 Å². The van der Waals surface area contributed by atoms with Crippen LogP contribution in [0.15, 0.2) is 30.8 Å². The van der Waals surface area contributed by atoms with Crippen LogP contribution < -0.4 is 0 Å². The molecule has 14 heavy (non-hydrogen) atoms. The van der Waals surface area contributed by atoms with E-state index in [0.29, 0.717) is 11.3 Å². The van der Waals surface area contributed by atoms with Crippen molar-refractivity contribution in [3.05, 3.63) is 42.0 Å². The summed E-state index contributed by atoms with van der Waals surface area (Å²) >= 11 is 0. The van der Waals surface area contributed by atoms with Gasteiger partial charge in [0, 0.05) is 5.56 Å². The fraction of sp³-hybridized carbons (Fsp3) is 0.182. The van der Waals surface area contributed by atoms with E-state index in [-0.39, 0.29) is 5.97 Å². The first-order chi connectivity index (χ1) is 6.69. The molecule has 0 fully saturated rings. The fourth-order valence-electron chi connectivity index (χ4n) is 1.06. The second kappa shape index (κ2) is 4.46. The molecule has 0 spiro atoms. The number of carbonyl (C=O) groups excluding carboxylic acids is 1. The van der Waals surface area contributed by atoms with Crippen molar-refractivity contribution in [1.82, 2.24) is 0 Å². The van der Waals surface area contributed by atoms with Crippen LogP contribution in [-0.4, -0.2) is 20.2 Å². The highest BCUT2D eigenvalue weighted by atomic mass is 16.5. The molecule has 0 unspecified atom stereocenters. The maximum absolute atomic E-state index is 11.2. The monoisotopic (exact) mass is 192 g/mol. The van der Waals surface area contributed by atoms with Crippen LogP contribution in [0, 0.1) is 0 Å². The van der Waals surface area contributed by atoms with E-state index in [1.165, 1.54) is 14.2 Å². The number of methoxy groups -OCH3 is 2. The Bertz CT molecular complexity index is 324. The van der Waals surface area contributed by atoms with Gasteiger partial charge in [0.15, 0.2) is 0 Å². The van der Waals surface area contributed by atoms with Gasteiger partial charge in [0.25, 0.3) is 0 Å². The van der Waals surface area contributed by atoms with Gasteiger partial charge in [-0.05, 0) is 12.1 Å². The molecule has 0 aliphatic heterocycles. The first kappa shape index (κ1) is 10.3. The fourth-order valence-corrected chi connectivity index (χ4v) is 1.06. The number of carbonyl (C=O) groups is 1. The highest BCUT2D eigenvalue weighted by Crippen LogP contribution is 2.14. The maximum atomic E-state index is 11.2. The minimum atomic E-state index is -0.365. The molecule has 0 amide bonds. The van der Waals surface area contributed by atoms with E-state index < -0.39 is 0 Å². The molecule has 1 aromatic rings. The van der Waals surface area contributed by atoms with E-state index in [1.54, 1.807) is 18.2 Å². The molecule has 3 nitrogen and oxygen atoms in total. The molecule has 1 aromatic carbocycles. The lowest BCUT2D eigenvalue weighted by Gasteiger charge is -2.05. The summed E-state index contributed by atoms with van der Waals surface area (Å²) in [4.78, 5) is 11.2. The Morgan fingerprint density at radius 1 is 1.21 bits per heavy atom. The molecule has 0 aromatic heterocycles. The quantitative estimate of drug-likeness (QED) is 0.543. The topological polar surface area (TPSA) is 35.5 Å². The smallest absolute Gasteiger partial charge is 0.337 e. The van der Waals surface area contributed by atoms with Crippen LogP contribution >= 0.6 is 0 Å². The number of hydrogen-bond donors (Lipinski definition) is 0. The van der Waals surface area contributed by atoms with Crippen LogP contribution in [-0.2, 0) is 9.47 Å². The number of ether oxygens (including phenoxy) is 2. The molecule has 3 heteroatoms. The van der Waals surface area contributed by atoms with Crippen molar-refractivity contribution in [3.8, 4) is 0 Å². The molecule has 0 saturated carbocycles. The van der Waals surface area contributed by atoms with Crippen molar-refractivity contribution in [1.29, 1.82) is 0 Å². The standard InChI is InChI=1S/C11H12O3/c1-8(13-2)9-5-4-6-10(7-9)11(12)14-3/h4-7H,1H2,2-3H3. The maximum Gasteiger partial charge on any atom is 0.337 e. The largest absolute Gasteiger partial charge is 0.497 e. The van der Waals surface area contributed by atoms with Crippen molar-refractivity contribution in [3.63, 3.8) is 0 Å². The van der Waals surface area contributed by atoms with E-state index in [4.69, 9.17) is 4.74 Å². The van der Waals surface area contributed by atoms with E-state index in [9.17, 15) is 4.79 Å². The zero-order valence-electron chi connectivity index (χ0n) is 8.24. The zero-order valence-corrected chi connectivity index (χ0v) is 8.24. The van der Waals surface area contributed by atoms with Crippen molar-refractivity contribution in [2.75, 3.05) is 14.2 Å². The van der Waals surface area contributed by atoms with E-state index >= 15 is 0 Å². The third-order valence-corrected chi connectivity index (χ3v) is 1.85. The highest BCUT2D eigenvalue weighted by Gasteiger charge is 2.06. The number of hydrogen-bond acceptors (Lipinski definition) is 3. The predicted molar refractivity (Wildman–Crippen MR) is 53.8 cm³/mol. The number of benzene rings is 1. The second-order valence-electron chi connectivity index (χ2n) is 2.70. The molecule has 74 valence electrons. The Kier molecular flexibility index (Phi) is 3.29. The molecule has 1 rings (SSSR count). The SMILES string of the molecule is C=C(OC)c1cccc(C(=O)OC)c1. The minimum absolute atomic E-state index is 0.365. The van der Waals surface area contributed by atoms with Crippen LogP contribution in [0.5, 0.6) is 0 Å². The Morgan fingerprint density at radius 3 is 2.43 bits per heavy atom. The van der Waals surface area contributed by atoms with Crippen molar-refractivity contribution >= 4 is 11.7 Å². The molecular weight excluding hydrogens is 180 g/mol. The average Bonchev–Trinajstić information content (AvgIpc) is 2.27. The summed E-state index contributed by atoms with van der Waals surface area (Å²) in [5.74, 6) is 0.159. The molecule has 0 aliphatic rings. The predicted octanol–water partition coefficient (Wildman–Crippen LogP) is 2.09. The highest BCUT2D eigenvalue weighted by molar-refractivity contribution is 5.90. The molecule has 0 aliphatic carbocycles. The number of rotatable bonds is 3. The second-order valence-corrected chi connectivity index (χ2v) is 2.70. The van der Waals surface area contributed by atoms with Gasteiger partial charge in [-0.25, -0.2) is 4.79 Å². The molecule has 0 radical (unpaired) electrons. The van der Waals surface area contributed by atoms with Crippen LogP contribution in [0.4, 0.5) is 0 Å². The normalized spacial score (nSPS) is 9.29. The Hall–Kier alpha value is -1.77.